The van der Waals surface area contributed by atoms with Gasteiger partial charge < -0.3 is 19.1 Å². The molecule has 228 valence electrons. The number of hydrogen-bond donors (Lipinski definition) is 1. The van der Waals surface area contributed by atoms with E-state index in [1.165, 1.54) is 24.5 Å². The van der Waals surface area contributed by atoms with Crippen molar-refractivity contribution in [3.63, 3.8) is 0 Å². The molecule has 2 saturated heterocycles. The van der Waals surface area contributed by atoms with Crippen molar-refractivity contribution in [1.82, 2.24) is 15.0 Å². The number of halogens is 3. The third kappa shape index (κ3) is 6.30. The van der Waals surface area contributed by atoms with Crippen LogP contribution in [0.4, 0.5) is 24.1 Å². The maximum absolute atomic E-state index is 14.0. The van der Waals surface area contributed by atoms with Crippen LogP contribution in [0.15, 0.2) is 36.0 Å². The van der Waals surface area contributed by atoms with Crippen molar-refractivity contribution in [2.75, 3.05) is 43.1 Å². The summed E-state index contributed by atoms with van der Waals surface area (Å²) in [7, 11) is 0. The molecule has 1 N–H and O–H groups in total. The Bertz CT molecular complexity index is 1480. The highest BCUT2D eigenvalue weighted by Crippen LogP contribution is 2.55. The topological polar surface area (TPSA) is 116 Å². The zero-order valence-electron chi connectivity index (χ0n) is 23.4. The van der Waals surface area contributed by atoms with Crippen LogP contribution in [0.25, 0.3) is 11.3 Å². The quantitative estimate of drug-likeness (QED) is 0.340. The van der Waals surface area contributed by atoms with Gasteiger partial charge in [-0.1, -0.05) is 0 Å². The lowest BCUT2D eigenvalue weighted by atomic mass is 9.97. The molecule has 1 aliphatic carbocycles. The number of nitrogens with zero attached hydrogens (tertiary/aromatic N) is 4. The highest BCUT2D eigenvalue weighted by atomic mass is 32.1. The number of ether oxygens (including phenoxy) is 3. The van der Waals surface area contributed by atoms with Crippen molar-refractivity contribution in [2.45, 2.75) is 44.9 Å². The number of anilines is 2. The van der Waals surface area contributed by atoms with Gasteiger partial charge in [-0.05, 0) is 50.8 Å². The molecule has 2 atom stereocenters. The summed E-state index contributed by atoms with van der Waals surface area (Å²) in [5, 5.41) is 4.42. The van der Waals surface area contributed by atoms with E-state index < -0.39 is 17.6 Å². The van der Waals surface area contributed by atoms with Gasteiger partial charge in [0.25, 0.3) is 5.91 Å². The molecule has 14 heteroatoms. The molecule has 2 aliphatic heterocycles. The molecule has 1 amide bonds. The van der Waals surface area contributed by atoms with Gasteiger partial charge >= 0.3 is 12.1 Å². The van der Waals surface area contributed by atoms with Gasteiger partial charge in [0, 0.05) is 36.1 Å². The minimum atomic E-state index is -4.62. The molecule has 1 unspecified atom stereocenters. The Labute approximate surface area is 249 Å². The number of thiazole rings is 1. The van der Waals surface area contributed by atoms with Crippen molar-refractivity contribution < 1.29 is 37.0 Å². The smallest absolute Gasteiger partial charge is 0.419 e. The molecule has 1 aromatic carbocycles. The molecule has 43 heavy (non-hydrogen) atoms. The summed E-state index contributed by atoms with van der Waals surface area (Å²) in [6.45, 7) is 4.48. The predicted octanol–water partition coefficient (Wildman–Crippen LogP) is 5.21. The molecule has 4 heterocycles. The first-order valence-corrected chi connectivity index (χ1v) is 15.0. The average Bonchev–Trinajstić information content (AvgIpc) is 3.30. The highest BCUT2D eigenvalue weighted by molar-refractivity contribution is 7.14. The molecular formula is C29H30F3N5O5S. The number of esters is 1. The third-order valence-electron chi connectivity index (χ3n) is 8.13. The van der Waals surface area contributed by atoms with Crippen LogP contribution in [0.1, 0.15) is 48.7 Å². The Morgan fingerprint density at radius 2 is 2.02 bits per heavy atom. The van der Waals surface area contributed by atoms with Gasteiger partial charge in [0.15, 0.2) is 5.13 Å². The normalized spacial score (nSPS) is 22.0. The molecule has 6 rings (SSSR count). The van der Waals surface area contributed by atoms with E-state index in [1.54, 1.807) is 12.3 Å². The molecule has 10 nitrogen and oxygen atoms in total. The molecule has 3 aromatic rings. The summed E-state index contributed by atoms with van der Waals surface area (Å²) in [5.41, 5.74) is -0.436. The summed E-state index contributed by atoms with van der Waals surface area (Å²) < 4.78 is 58.2. The Morgan fingerprint density at radius 3 is 2.70 bits per heavy atom. The predicted molar refractivity (Wildman–Crippen MR) is 151 cm³/mol. The van der Waals surface area contributed by atoms with E-state index in [1.807, 2.05) is 4.90 Å². The lowest BCUT2D eigenvalue weighted by Crippen LogP contribution is -2.37. The number of amides is 1. The second-order valence-corrected chi connectivity index (χ2v) is 11.8. The Balaban J connectivity index is 1.08. The van der Waals surface area contributed by atoms with E-state index >= 15 is 0 Å². The summed E-state index contributed by atoms with van der Waals surface area (Å²) in [5.74, 6) is -0.476. The first-order valence-electron chi connectivity index (χ1n) is 14.1. The van der Waals surface area contributed by atoms with Crippen LogP contribution in [0.3, 0.4) is 0 Å². The number of rotatable bonds is 8. The number of carbonyl (C=O) groups is 2. The van der Waals surface area contributed by atoms with Crippen molar-refractivity contribution in [2.24, 2.45) is 11.3 Å². The summed E-state index contributed by atoms with van der Waals surface area (Å²) >= 11 is 1.09. The molecule has 0 bridgehead atoms. The Hall–Kier alpha value is -3.78. The molecule has 3 aliphatic rings. The number of piperidine rings is 1. The fourth-order valence-electron chi connectivity index (χ4n) is 5.51. The minimum Gasteiger partial charge on any atom is -0.489 e. The molecular weight excluding hydrogens is 587 g/mol. The van der Waals surface area contributed by atoms with Gasteiger partial charge in [0.1, 0.15) is 23.4 Å². The number of nitrogens with one attached hydrogen (secondary N) is 1. The van der Waals surface area contributed by atoms with E-state index in [4.69, 9.17) is 14.2 Å². The van der Waals surface area contributed by atoms with E-state index in [-0.39, 0.29) is 51.2 Å². The van der Waals surface area contributed by atoms with E-state index in [2.05, 4.69) is 20.3 Å². The Morgan fingerprint density at radius 1 is 1.21 bits per heavy atom. The number of benzene rings is 1. The van der Waals surface area contributed by atoms with Gasteiger partial charge in [0.2, 0.25) is 0 Å². The number of hydrogen-bond acceptors (Lipinski definition) is 10. The van der Waals surface area contributed by atoms with Crippen LogP contribution >= 0.6 is 11.3 Å². The summed E-state index contributed by atoms with van der Waals surface area (Å²) in [6.07, 6.45) is 0.711. The van der Waals surface area contributed by atoms with E-state index in [9.17, 15) is 22.8 Å². The maximum atomic E-state index is 14.0. The van der Waals surface area contributed by atoms with E-state index in [0.29, 0.717) is 58.0 Å². The summed E-state index contributed by atoms with van der Waals surface area (Å²) in [6, 6.07) is 3.88. The van der Waals surface area contributed by atoms with Crippen LogP contribution in [0, 0.1) is 11.3 Å². The highest BCUT2D eigenvalue weighted by Gasteiger charge is 2.59. The Kier molecular flexibility index (Phi) is 7.98. The van der Waals surface area contributed by atoms with Gasteiger partial charge in [-0.15, -0.1) is 11.3 Å². The van der Waals surface area contributed by atoms with Gasteiger partial charge in [-0.2, -0.15) is 13.2 Å². The zero-order chi connectivity index (χ0) is 30.2. The zero-order valence-corrected chi connectivity index (χ0v) is 24.2. The monoisotopic (exact) mass is 617 g/mol. The number of aromatic nitrogens is 3. The number of alkyl halides is 3. The van der Waals surface area contributed by atoms with Gasteiger partial charge in [-0.25, -0.2) is 15.0 Å². The SMILES string of the molecule is CCOC(=O)C1CCN(c2cnc(C(=O)Nc3nc(-c4ccc(OC5C[C@@]56CCOC6)c(C(F)(F)F)c4)cs3)cn2)CC1. The fourth-order valence-corrected chi connectivity index (χ4v) is 6.23. The first-order chi connectivity index (χ1) is 20.6. The lowest BCUT2D eigenvalue weighted by Gasteiger charge is -2.31. The average molecular weight is 618 g/mol. The van der Waals surface area contributed by atoms with E-state index in [0.717, 1.165) is 23.8 Å². The lowest BCUT2D eigenvalue weighted by molar-refractivity contribution is -0.148. The standard InChI is InChI=1S/C29H30F3N5O5S/c1-2-41-26(39)17-5-8-37(9-6-17)24-14-33-20(13-34-24)25(38)36-27-35-21(15-43-27)18-3-4-22(19(11-18)29(30,31)32)42-23-12-28(23)7-10-40-16-28/h3-4,11,13-15,17,23H,2,5-10,12,16H2,1H3,(H,35,36,38)/t23?,28-/m1/s1. The van der Waals surface area contributed by atoms with Crippen LogP contribution in [0.2, 0.25) is 0 Å². The van der Waals surface area contributed by atoms with Crippen LogP contribution in [0.5, 0.6) is 5.75 Å². The van der Waals surface area contributed by atoms with Crippen molar-refractivity contribution in [3.8, 4) is 17.0 Å². The van der Waals surface area contributed by atoms with Crippen molar-refractivity contribution in [3.05, 3.63) is 47.2 Å². The maximum Gasteiger partial charge on any atom is 0.419 e. The second kappa shape index (κ2) is 11.7. The van der Waals surface area contributed by atoms with Crippen LogP contribution < -0.4 is 15.0 Å². The van der Waals surface area contributed by atoms with Crippen molar-refractivity contribution in [1.29, 1.82) is 0 Å². The number of carbonyl (C=O) groups excluding carboxylic acids is 2. The largest absolute Gasteiger partial charge is 0.489 e. The summed E-state index contributed by atoms with van der Waals surface area (Å²) in [4.78, 5) is 39.7. The van der Waals surface area contributed by atoms with Gasteiger partial charge in [0.05, 0.1) is 42.8 Å². The first kappa shape index (κ1) is 29.3. The molecule has 0 radical (unpaired) electrons. The molecule has 3 fully saturated rings. The van der Waals surface area contributed by atoms with Crippen LogP contribution in [-0.2, 0) is 20.4 Å². The second-order valence-electron chi connectivity index (χ2n) is 10.9. The molecule has 1 saturated carbocycles. The van der Waals surface area contributed by atoms with Crippen molar-refractivity contribution >= 4 is 34.2 Å². The van der Waals surface area contributed by atoms with Gasteiger partial charge in [-0.3, -0.25) is 14.9 Å². The third-order valence-corrected chi connectivity index (χ3v) is 8.89. The van der Waals surface area contributed by atoms with Crippen LogP contribution in [-0.4, -0.2) is 65.8 Å². The minimum absolute atomic E-state index is 0.0632. The fraction of sp³-hybridized carbons (Fsp3) is 0.483. The molecule has 1 spiro atoms. The molecule has 2 aromatic heterocycles.